The zero-order valence-electron chi connectivity index (χ0n) is 13.1. The van der Waals surface area contributed by atoms with E-state index in [9.17, 15) is 4.79 Å². The molecule has 22 heavy (non-hydrogen) atoms. The molecule has 0 aromatic heterocycles. The van der Waals surface area contributed by atoms with E-state index in [2.05, 4.69) is 41.9 Å². The van der Waals surface area contributed by atoms with Crippen LogP contribution in [0.2, 0.25) is 0 Å². The van der Waals surface area contributed by atoms with Crippen molar-refractivity contribution in [3.63, 3.8) is 0 Å². The molecule has 1 aliphatic heterocycles. The van der Waals surface area contributed by atoms with Gasteiger partial charge in [0, 0.05) is 6.42 Å². The standard InChI is InChI=1S/C17H23BrO2S2/c1-12(2)5-3-6-16(19)20-15-8-7-13(11-14(15)18)17-21-9-4-10-22-17/h7-8,11-12,17H,3-6,9-10H2,1-2H3. The largest absolute Gasteiger partial charge is 0.425 e. The smallest absolute Gasteiger partial charge is 0.311 e. The Morgan fingerprint density at radius 2 is 2.09 bits per heavy atom. The summed E-state index contributed by atoms with van der Waals surface area (Å²) >= 11 is 7.52. The van der Waals surface area contributed by atoms with Crippen molar-refractivity contribution in [1.29, 1.82) is 0 Å². The van der Waals surface area contributed by atoms with Crippen molar-refractivity contribution in [2.45, 2.75) is 44.1 Å². The van der Waals surface area contributed by atoms with Gasteiger partial charge in [-0.25, -0.2) is 0 Å². The summed E-state index contributed by atoms with van der Waals surface area (Å²) in [5, 5.41) is 0. The topological polar surface area (TPSA) is 26.3 Å². The monoisotopic (exact) mass is 402 g/mol. The first-order valence-corrected chi connectivity index (χ1v) is 10.7. The summed E-state index contributed by atoms with van der Waals surface area (Å²) in [5.74, 6) is 3.56. The van der Waals surface area contributed by atoms with Crippen LogP contribution in [0.3, 0.4) is 0 Å². The highest BCUT2D eigenvalue weighted by molar-refractivity contribution is 9.10. The van der Waals surface area contributed by atoms with E-state index in [4.69, 9.17) is 4.74 Å². The summed E-state index contributed by atoms with van der Waals surface area (Å²) in [5.41, 5.74) is 1.29. The molecule has 1 aromatic rings. The number of hydrogen-bond acceptors (Lipinski definition) is 4. The fourth-order valence-electron chi connectivity index (χ4n) is 2.26. The fraction of sp³-hybridized carbons (Fsp3) is 0.588. The lowest BCUT2D eigenvalue weighted by molar-refractivity contribution is -0.134. The predicted octanol–water partition coefficient (Wildman–Crippen LogP) is 6.05. The molecular formula is C17H23BrO2S2. The third kappa shape index (κ3) is 5.82. The Balaban J connectivity index is 1.90. The zero-order valence-corrected chi connectivity index (χ0v) is 16.4. The molecule has 2 nitrogen and oxygen atoms in total. The lowest BCUT2D eigenvalue weighted by Gasteiger charge is -2.21. The molecule has 1 aromatic carbocycles. The summed E-state index contributed by atoms with van der Waals surface area (Å²) in [6.07, 6.45) is 3.73. The van der Waals surface area contributed by atoms with Crippen molar-refractivity contribution < 1.29 is 9.53 Å². The maximum absolute atomic E-state index is 11.9. The first-order valence-electron chi connectivity index (χ1n) is 7.79. The van der Waals surface area contributed by atoms with Crippen LogP contribution in [-0.2, 0) is 4.79 Å². The second kappa shape index (κ2) is 9.24. The van der Waals surface area contributed by atoms with Crippen molar-refractivity contribution in [3.8, 4) is 5.75 Å². The van der Waals surface area contributed by atoms with Crippen molar-refractivity contribution in [1.82, 2.24) is 0 Å². The van der Waals surface area contributed by atoms with Gasteiger partial charge in [0.1, 0.15) is 5.75 Å². The van der Waals surface area contributed by atoms with Crippen LogP contribution in [-0.4, -0.2) is 17.5 Å². The van der Waals surface area contributed by atoms with Gasteiger partial charge in [0.05, 0.1) is 9.05 Å². The molecule has 1 saturated heterocycles. The summed E-state index contributed by atoms with van der Waals surface area (Å²) in [4.78, 5) is 11.9. The van der Waals surface area contributed by atoms with Gasteiger partial charge in [-0.05, 0) is 63.9 Å². The van der Waals surface area contributed by atoms with Gasteiger partial charge in [0.15, 0.2) is 0 Å². The zero-order chi connectivity index (χ0) is 15.9. The number of carbonyl (C=O) groups is 1. The van der Waals surface area contributed by atoms with Crippen molar-refractivity contribution in [2.24, 2.45) is 5.92 Å². The lowest BCUT2D eigenvalue weighted by Crippen LogP contribution is -2.09. The Hall–Kier alpha value is -0.130. The Bertz CT molecular complexity index is 499. The van der Waals surface area contributed by atoms with Gasteiger partial charge < -0.3 is 4.74 Å². The molecule has 5 heteroatoms. The highest BCUT2D eigenvalue weighted by atomic mass is 79.9. The minimum absolute atomic E-state index is 0.143. The van der Waals surface area contributed by atoms with Crippen molar-refractivity contribution in [2.75, 3.05) is 11.5 Å². The number of halogens is 1. The molecule has 1 fully saturated rings. The fourth-order valence-corrected chi connectivity index (χ4v) is 5.61. The maximum atomic E-state index is 11.9. The number of esters is 1. The van der Waals surface area contributed by atoms with Crippen LogP contribution in [0.15, 0.2) is 22.7 Å². The Morgan fingerprint density at radius 3 is 2.73 bits per heavy atom. The third-order valence-electron chi connectivity index (χ3n) is 3.44. The Labute approximate surface area is 150 Å². The minimum atomic E-state index is -0.143. The Kier molecular flexibility index (Phi) is 7.65. The molecule has 1 heterocycles. The predicted molar refractivity (Wildman–Crippen MR) is 101 cm³/mol. The van der Waals surface area contributed by atoms with Gasteiger partial charge >= 0.3 is 5.97 Å². The minimum Gasteiger partial charge on any atom is -0.425 e. The molecule has 0 unspecified atom stereocenters. The summed E-state index contributed by atoms with van der Waals surface area (Å²) in [6, 6.07) is 6.08. The average molecular weight is 403 g/mol. The second-order valence-corrected chi connectivity index (χ2v) is 9.46. The van der Waals surface area contributed by atoms with E-state index in [1.807, 2.05) is 29.6 Å². The van der Waals surface area contributed by atoms with Crippen LogP contribution in [0.4, 0.5) is 0 Å². The van der Waals surface area contributed by atoms with Crippen molar-refractivity contribution in [3.05, 3.63) is 28.2 Å². The molecule has 0 atom stereocenters. The molecule has 0 bridgehead atoms. The molecule has 0 radical (unpaired) electrons. The molecule has 0 aliphatic carbocycles. The van der Waals surface area contributed by atoms with Crippen LogP contribution < -0.4 is 4.74 Å². The van der Waals surface area contributed by atoms with Crippen LogP contribution >= 0.6 is 39.5 Å². The van der Waals surface area contributed by atoms with Gasteiger partial charge in [-0.1, -0.05) is 26.3 Å². The molecular weight excluding hydrogens is 380 g/mol. The van der Waals surface area contributed by atoms with Crippen LogP contribution in [0.5, 0.6) is 5.75 Å². The van der Waals surface area contributed by atoms with Gasteiger partial charge in [-0.3, -0.25) is 4.79 Å². The maximum Gasteiger partial charge on any atom is 0.311 e. The summed E-state index contributed by atoms with van der Waals surface area (Å²) in [6.45, 7) is 4.34. The van der Waals surface area contributed by atoms with E-state index in [-0.39, 0.29) is 5.97 Å². The number of hydrogen-bond donors (Lipinski definition) is 0. The van der Waals surface area contributed by atoms with Gasteiger partial charge in [-0.2, -0.15) is 0 Å². The quantitative estimate of drug-likeness (QED) is 0.427. The number of ether oxygens (including phenoxy) is 1. The average Bonchev–Trinajstić information content (AvgIpc) is 2.50. The molecule has 0 spiro atoms. The molecule has 0 saturated carbocycles. The number of thioether (sulfide) groups is 2. The number of carbonyl (C=O) groups excluding carboxylic acids is 1. The Morgan fingerprint density at radius 1 is 1.36 bits per heavy atom. The molecule has 0 N–H and O–H groups in total. The van der Waals surface area contributed by atoms with Crippen LogP contribution in [0, 0.1) is 5.92 Å². The molecule has 1 aliphatic rings. The molecule has 2 rings (SSSR count). The van der Waals surface area contributed by atoms with Gasteiger partial charge in [0.25, 0.3) is 0 Å². The molecule has 122 valence electrons. The highest BCUT2D eigenvalue weighted by Gasteiger charge is 2.18. The number of benzene rings is 1. The normalized spacial score (nSPS) is 16.0. The van der Waals surface area contributed by atoms with E-state index < -0.39 is 0 Å². The SMILES string of the molecule is CC(C)CCCC(=O)Oc1ccc(C2SCCCS2)cc1Br. The molecule has 0 amide bonds. The summed E-state index contributed by atoms with van der Waals surface area (Å²) < 4.78 is 6.84. The third-order valence-corrected chi connectivity index (χ3v) is 7.08. The van der Waals surface area contributed by atoms with E-state index in [0.717, 1.165) is 17.3 Å². The van der Waals surface area contributed by atoms with Crippen molar-refractivity contribution >= 4 is 45.4 Å². The first kappa shape index (κ1) is 18.2. The van der Waals surface area contributed by atoms with E-state index in [1.54, 1.807) is 0 Å². The van der Waals surface area contributed by atoms with Crippen LogP contribution in [0.1, 0.15) is 49.7 Å². The number of rotatable bonds is 6. The second-order valence-electron chi connectivity index (χ2n) is 5.88. The lowest BCUT2D eigenvalue weighted by atomic mass is 10.1. The van der Waals surface area contributed by atoms with Gasteiger partial charge in [-0.15, -0.1) is 23.5 Å². The van der Waals surface area contributed by atoms with Crippen LogP contribution in [0.25, 0.3) is 0 Å². The van der Waals surface area contributed by atoms with E-state index in [1.165, 1.54) is 23.5 Å². The van der Waals surface area contributed by atoms with E-state index in [0.29, 0.717) is 22.7 Å². The highest BCUT2D eigenvalue weighted by Crippen LogP contribution is 2.45. The van der Waals surface area contributed by atoms with Gasteiger partial charge in [0.2, 0.25) is 0 Å². The summed E-state index contributed by atoms with van der Waals surface area (Å²) in [7, 11) is 0. The first-order chi connectivity index (χ1) is 10.6. The van der Waals surface area contributed by atoms with E-state index >= 15 is 0 Å².